The molecule has 0 saturated carbocycles. The Morgan fingerprint density at radius 1 is 0.808 bits per heavy atom. The van der Waals surface area contributed by atoms with Gasteiger partial charge in [-0.15, -0.1) is 6.58 Å². The minimum absolute atomic E-state index is 0.216. The smallest absolute Gasteiger partial charge is 0.236 e. The van der Waals surface area contributed by atoms with E-state index in [-0.39, 0.29) is 11.8 Å². The van der Waals surface area contributed by atoms with Crippen molar-refractivity contribution in [3.05, 3.63) is 24.8 Å². The molecule has 150 valence electrons. The number of hydrogen-bond acceptors (Lipinski definition) is 2. The maximum atomic E-state index is 12.6. The summed E-state index contributed by atoms with van der Waals surface area (Å²) in [5, 5.41) is 5.63. The van der Waals surface area contributed by atoms with Gasteiger partial charge in [-0.1, -0.05) is 63.7 Å². The van der Waals surface area contributed by atoms with Crippen molar-refractivity contribution in [1.29, 1.82) is 0 Å². The van der Waals surface area contributed by atoms with E-state index in [1.807, 2.05) is 19.9 Å². The normalized spacial score (nSPS) is 11.5. The summed E-state index contributed by atoms with van der Waals surface area (Å²) in [6.07, 6.45) is 16.5. The average Bonchev–Trinajstić information content (AvgIpc) is 2.62. The van der Waals surface area contributed by atoms with Gasteiger partial charge < -0.3 is 10.6 Å². The van der Waals surface area contributed by atoms with Crippen LogP contribution in [-0.2, 0) is 9.59 Å². The molecule has 0 atom stereocenters. The summed E-state index contributed by atoms with van der Waals surface area (Å²) in [4.78, 5) is 25.2. The average molecular weight is 365 g/mol. The van der Waals surface area contributed by atoms with Crippen LogP contribution in [0.1, 0.15) is 85.0 Å². The highest BCUT2D eigenvalue weighted by Crippen LogP contribution is 2.29. The zero-order valence-electron chi connectivity index (χ0n) is 17.2. The van der Waals surface area contributed by atoms with Crippen molar-refractivity contribution in [2.24, 2.45) is 5.41 Å². The van der Waals surface area contributed by atoms with Gasteiger partial charge >= 0.3 is 0 Å². The second-order valence-electron chi connectivity index (χ2n) is 6.88. The number of hydrogen-bond donors (Lipinski definition) is 2. The first-order chi connectivity index (χ1) is 12.6. The summed E-state index contributed by atoms with van der Waals surface area (Å²) < 4.78 is 0. The molecule has 2 amide bonds. The highest BCUT2D eigenvalue weighted by Gasteiger charge is 2.43. The molecule has 0 unspecified atom stereocenters. The van der Waals surface area contributed by atoms with Gasteiger partial charge in [-0.2, -0.15) is 0 Å². The maximum Gasteiger partial charge on any atom is 0.236 e. The van der Waals surface area contributed by atoms with Gasteiger partial charge in [-0.3, -0.25) is 9.59 Å². The predicted octanol–water partition coefficient (Wildman–Crippen LogP) is 4.91. The van der Waals surface area contributed by atoms with Gasteiger partial charge in [0.05, 0.1) is 0 Å². The van der Waals surface area contributed by atoms with E-state index >= 15 is 0 Å². The Morgan fingerprint density at radius 3 is 1.85 bits per heavy atom. The highest BCUT2D eigenvalue weighted by atomic mass is 16.2. The van der Waals surface area contributed by atoms with Crippen LogP contribution in [0.15, 0.2) is 24.8 Å². The second kappa shape index (κ2) is 15.7. The fraction of sp³-hybridized carbons (Fsp3) is 0.727. The molecule has 0 heterocycles. The van der Waals surface area contributed by atoms with Crippen LogP contribution < -0.4 is 10.6 Å². The summed E-state index contributed by atoms with van der Waals surface area (Å²) in [5.41, 5.74) is -1.09. The lowest BCUT2D eigenvalue weighted by Gasteiger charge is -2.29. The molecule has 0 aromatic carbocycles. The van der Waals surface area contributed by atoms with Gasteiger partial charge in [0.25, 0.3) is 0 Å². The first-order valence-corrected chi connectivity index (χ1v) is 10.4. The summed E-state index contributed by atoms with van der Waals surface area (Å²) >= 11 is 0. The van der Waals surface area contributed by atoms with Gasteiger partial charge in [0.2, 0.25) is 11.8 Å². The summed E-state index contributed by atoms with van der Waals surface area (Å²) in [6.45, 7) is 10.7. The van der Waals surface area contributed by atoms with Crippen LogP contribution in [0.5, 0.6) is 0 Å². The SMILES string of the molecule is C=CCC(CC=CCCCCCCCCC)(C(=O)NCC)C(=O)NCC. The lowest BCUT2D eigenvalue weighted by atomic mass is 9.78. The highest BCUT2D eigenvalue weighted by molar-refractivity contribution is 6.05. The number of carbonyl (C=O) groups excluding carboxylic acids is 2. The molecule has 4 heteroatoms. The third kappa shape index (κ3) is 9.21. The molecule has 0 aromatic heterocycles. The van der Waals surface area contributed by atoms with Crippen molar-refractivity contribution in [2.75, 3.05) is 13.1 Å². The van der Waals surface area contributed by atoms with Crippen LogP contribution >= 0.6 is 0 Å². The Balaban J connectivity index is 4.59. The fourth-order valence-corrected chi connectivity index (χ4v) is 3.08. The zero-order chi connectivity index (χ0) is 19.7. The van der Waals surface area contributed by atoms with E-state index in [0.717, 1.165) is 6.42 Å². The van der Waals surface area contributed by atoms with Gasteiger partial charge in [0.1, 0.15) is 5.41 Å². The van der Waals surface area contributed by atoms with E-state index in [4.69, 9.17) is 0 Å². The predicted molar refractivity (Wildman–Crippen MR) is 111 cm³/mol. The lowest BCUT2D eigenvalue weighted by Crippen LogP contribution is -2.51. The molecule has 0 aliphatic rings. The van der Waals surface area contributed by atoms with Crippen molar-refractivity contribution in [2.45, 2.75) is 85.0 Å². The molecule has 0 radical (unpaired) electrons. The zero-order valence-corrected chi connectivity index (χ0v) is 17.2. The molecule has 0 bridgehead atoms. The van der Waals surface area contributed by atoms with Crippen LogP contribution in [-0.4, -0.2) is 24.9 Å². The molecule has 2 N–H and O–H groups in total. The number of nitrogens with one attached hydrogen (secondary N) is 2. The van der Waals surface area contributed by atoms with Crippen molar-refractivity contribution >= 4 is 11.8 Å². The molecule has 0 rings (SSSR count). The number of unbranched alkanes of at least 4 members (excludes halogenated alkanes) is 7. The van der Waals surface area contributed by atoms with Crippen LogP contribution in [0.3, 0.4) is 0 Å². The first kappa shape index (κ1) is 24.4. The first-order valence-electron chi connectivity index (χ1n) is 10.4. The Bertz CT molecular complexity index is 412. The molecule has 0 fully saturated rings. The molecule has 26 heavy (non-hydrogen) atoms. The monoisotopic (exact) mass is 364 g/mol. The number of rotatable bonds is 16. The van der Waals surface area contributed by atoms with Crippen molar-refractivity contribution in [3.8, 4) is 0 Å². The van der Waals surface area contributed by atoms with E-state index in [2.05, 4.69) is 30.2 Å². The molecule has 0 spiro atoms. The maximum absolute atomic E-state index is 12.6. The molecule has 0 aromatic rings. The number of allylic oxidation sites excluding steroid dienone is 3. The summed E-state index contributed by atoms with van der Waals surface area (Å²) in [6, 6.07) is 0. The minimum atomic E-state index is -1.09. The van der Waals surface area contributed by atoms with Gasteiger partial charge in [0.15, 0.2) is 0 Å². The van der Waals surface area contributed by atoms with Crippen molar-refractivity contribution in [1.82, 2.24) is 10.6 Å². The largest absolute Gasteiger partial charge is 0.355 e. The fourth-order valence-electron chi connectivity index (χ4n) is 3.08. The molecule has 0 aliphatic heterocycles. The van der Waals surface area contributed by atoms with Gasteiger partial charge in [-0.25, -0.2) is 0 Å². The van der Waals surface area contributed by atoms with E-state index in [1.54, 1.807) is 6.08 Å². The van der Waals surface area contributed by atoms with E-state index in [1.165, 1.54) is 44.9 Å². The topological polar surface area (TPSA) is 58.2 Å². The Kier molecular flexibility index (Phi) is 14.7. The van der Waals surface area contributed by atoms with Crippen LogP contribution in [0.25, 0.3) is 0 Å². The van der Waals surface area contributed by atoms with E-state index in [0.29, 0.717) is 25.9 Å². The van der Waals surface area contributed by atoms with E-state index < -0.39 is 5.41 Å². The van der Waals surface area contributed by atoms with Crippen LogP contribution in [0.2, 0.25) is 0 Å². The third-order valence-electron chi connectivity index (χ3n) is 4.64. The molecular formula is C22H40N2O2. The number of carbonyl (C=O) groups is 2. The summed E-state index contributed by atoms with van der Waals surface area (Å²) in [7, 11) is 0. The molecule has 0 aliphatic carbocycles. The standard InChI is InChI=1S/C22H40N2O2/c1-5-9-10-11-12-13-14-15-16-17-19-22(18-6-2,20(25)23-7-3)21(26)24-8-4/h6,16-17H,2,5,7-15,18-19H2,1,3-4H3,(H,23,25)(H,24,26). The Labute approximate surface area is 160 Å². The van der Waals surface area contributed by atoms with Gasteiger partial charge in [-0.05, 0) is 39.5 Å². The van der Waals surface area contributed by atoms with Crippen molar-refractivity contribution < 1.29 is 9.59 Å². The number of amides is 2. The second-order valence-corrected chi connectivity index (χ2v) is 6.88. The Morgan fingerprint density at radius 2 is 1.35 bits per heavy atom. The molecule has 4 nitrogen and oxygen atoms in total. The minimum Gasteiger partial charge on any atom is -0.355 e. The molecule has 0 saturated heterocycles. The van der Waals surface area contributed by atoms with Crippen molar-refractivity contribution in [3.63, 3.8) is 0 Å². The third-order valence-corrected chi connectivity index (χ3v) is 4.64. The molecular weight excluding hydrogens is 324 g/mol. The van der Waals surface area contributed by atoms with Gasteiger partial charge in [0, 0.05) is 13.1 Å². The Hall–Kier alpha value is -1.58. The lowest BCUT2D eigenvalue weighted by molar-refractivity contribution is -0.143. The van der Waals surface area contributed by atoms with E-state index in [9.17, 15) is 9.59 Å². The van der Waals surface area contributed by atoms with Crippen LogP contribution in [0.4, 0.5) is 0 Å². The quantitative estimate of drug-likeness (QED) is 0.232. The summed E-state index contributed by atoms with van der Waals surface area (Å²) in [5.74, 6) is -0.433. The van der Waals surface area contributed by atoms with Crippen LogP contribution in [0, 0.1) is 5.41 Å².